The minimum atomic E-state index is -5.08. The molecule has 44 heavy (non-hydrogen) atoms. The number of nitrogens with zero attached hydrogens (tertiary/aromatic N) is 1. The molecule has 1 aliphatic rings. The minimum Gasteiger partial charge on any atom is -0.497 e. The van der Waals surface area contributed by atoms with E-state index in [2.05, 4.69) is 4.74 Å². The van der Waals surface area contributed by atoms with Gasteiger partial charge in [0, 0.05) is 40.1 Å². The van der Waals surface area contributed by atoms with Crippen molar-refractivity contribution in [2.24, 2.45) is 0 Å². The average molecular weight is 633 g/mol. The van der Waals surface area contributed by atoms with Crippen molar-refractivity contribution in [3.8, 4) is 11.5 Å². The second kappa shape index (κ2) is 11.6. The zero-order chi connectivity index (χ0) is 31.8. The molecule has 1 aliphatic carbocycles. The number of amides is 1. The molecule has 4 aromatic rings. The number of carbonyl (C=O) groups is 2. The van der Waals surface area contributed by atoms with Crippen LogP contribution in [0.3, 0.4) is 0 Å². The SMILES string of the molecule is COc1ccc(S(=O)(=O)NC(=O)c2c(C3=CC=CCC3=O)c3cc(OC(F)(F)F)ccc3n2Cc2ccc(F)cc2F)cc1. The molecule has 228 valence electrons. The van der Waals surface area contributed by atoms with Crippen molar-refractivity contribution in [2.75, 3.05) is 7.11 Å². The number of hydrogen-bond acceptors (Lipinski definition) is 6. The van der Waals surface area contributed by atoms with Crippen molar-refractivity contribution >= 4 is 38.2 Å². The van der Waals surface area contributed by atoms with E-state index >= 15 is 0 Å². The Morgan fingerprint density at radius 3 is 2.34 bits per heavy atom. The van der Waals surface area contributed by atoms with E-state index in [1.807, 2.05) is 4.72 Å². The molecule has 1 aromatic heterocycles. The van der Waals surface area contributed by atoms with Crippen LogP contribution in [0.4, 0.5) is 22.0 Å². The molecule has 1 N–H and O–H groups in total. The summed E-state index contributed by atoms with van der Waals surface area (Å²) in [6.45, 7) is -0.495. The first-order chi connectivity index (χ1) is 20.8. The molecule has 0 unspecified atom stereocenters. The average Bonchev–Trinajstić information content (AvgIpc) is 3.26. The molecule has 0 atom stereocenters. The van der Waals surface area contributed by atoms with Crippen LogP contribution in [-0.2, 0) is 21.4 Å². The Morgan fingerprint density at radius 2 is 1.70 bits per heavy atom. The molecule has 1 amide bonds. The zero-order valence-electron chi connectivity index (χ0n) is 22.6. The maximum Gasteiger partial charge on any atom is 0.573 e. The van der Waals surface area contributed by atoms with Crippen LogP contribution >= 0.6 is 0 Å². The lowest BCUT2D eigenvalue weighted by Gasteiger charge is -2.15. The first-order valence-corrected chi connectivity index (χ1v) is 14.2. The fourth-order valence-corrected chi connectivity index (χ4v) is 5.73. The summed E-state index contributed by atoms with van der Waals surface area (Å²) in [5, 5.41) is -0.0869. The van der Waals surface area contributed by atoms with Crippen molar-refractivity contribution in [3.63, 3.8) is 0 Å². The molecule has 0 bridgehead atoms. The number of hydrogen-bond donors (Lipinski definition) is 1. The molecule has 14 heteroatoms. The minimum absolute atomic E-state index is 0.0356. The summed E-state index contributed by atoms with van der Waals surface area (Å²) in [5.74, 6) is -4.02. The summed E-state index contributed by atoms with van der Waals surface area (Å²) in [7, 11) is -3.18. The van der Waals surface area contributed by atoms with Gasteiger partial charge in [0.1, 0.15) is 28.8 Å². The van der Waals surface area contributed by atoms with Crippen LogP contribution in [0.2, 0.25) is 0 Å². The van der Waals surface area contributed by atoms with E-state index in [4.69, 9.17) is 4.74 Å². The van der Waals surface area contributed by atoms with Crippen LogP contribution in [0.15, 0.2) is 83.8 Å². The van der Waals surface area contributed by atoms with Crippen molar-refractivity contribution in [3.05, 3.63) is 107 Å². The van der Waals surface area contributed by atoms with E-state index in [1.54, 1.807) is 0 Å². The fourth-order valence-electron chi connectivity index (χ4n) is 4.77. The second-order valence-electron chi connectivity index (χ2n) is 9.52. The Balaban J connectivity index is 1.75. The highest BCUT2D eigenvalue weighted by atomic mass is 32.2. The number of nitrogens with one attached hydrogen (secondary N) is 1. The summed E-state index contributed by atoms with van der Waals surface area (Å²) in [6, 6.07) is 10.8. The van der Waals surface area contributed by atoms with Crippen LogP contribution in [-0.4, -0.2) is 38.1 Å². The summed E-state index contributed by atoms with van der Waals surface area (Å²) < 4.78 is 106. The molecule has 0 radical (unpaired) electrons. The van der Waals surface area contributed by atoms with Gasteiger partial charge in [0.2, 0.25) is 0 Å². The van der Waals surface area contributed by atoms with Gasteiger partial charge < -0.3 is 14.0 Å². The van der Waals surface area contributed by atoms with Crippen LogP contribution in [0.1, 0.15) is 28.0 Å². The van der Waals surface area contributed by atoms with Crippen molar-refractivity contribution in [2.45, 2.75) is 24.2 Å². The lowest BCUT2D eigenvalue weighted by Crippen LogP contribution is -2.33. The van der Waals surface area contributed by atoms with E-state index in [0.717, 1.165) is 34.9 Å². The second-order valence-corrected chi connectivity index (χ2v) is 11.2. The molecule has 5 rings (SSSR count). The van der Waals surface area contributed by atoms with Gasteiger partial charge in [0.15, 0.2) is 5.78 Å². The molecular formula is C30H21F5N2O6S. The van der Waals surface area contributed by atoms with Crippen molar-refractivity contribution < 1.29 is 49.4 Å². The normalized spacial score (nSPS) is 13.6. The number of halogens is 5. The number of benzene rings is 3. The molecule has 0 aliphatic heterocycles. The molecule has 1 heterocycles. The first-order valence-electron chi connectivity index (χ1n) is 12.7. The maximum absolute atomic E-state index is 14.8. The third-order valence-electron chi connectivity index (χ3n) is 6.70. The lowest BCUT2D eigenvalue weighted by molar-refractivity contribution is -0.274. The van der Waals surface area contributed by atoms with Gasteiger partial charge in [-0.15, -0.1) is 13.2 Å². The number of rotatable bonds is 8. The molecule has 0 saturated heterocycles. The van der Waals surface area contributed by atoms with E-state index in [-0.39, 0.29) is 38.9 Å². The number of methoxy groups -OCH3 is 1. The van der Waals surface area contributed by atoms with Gasteiger partial charge >= 0.3 is 6.36 Å². The molecule has 8 nitrogen and oxygen atoms in total. The highest BCUT2D eigenvalue weighted by Gasteiger charge is 2.34. The number of ketones is 1. The highest BCUT2D eigenvalue weighted by Crippen LogP contribution is 2.38. The van der Waals surface area contributed by atoms with Crippen LogP contribution in [0.5, 0.6) is 11.5 Å². The number of alkyl halides is 3. The fraction of sp³-hybridized carbons (Fsp3) is 0.133. The van der Waals surface area contributed by atoms with Crippen LogP contribution in [0, 0.1) is 11.6 Å². The first kappa shape index (κ1) is 30.5. The van der Waals surface area contributed by atoms with Crippen molar-refractivity contribution in [1.29, 1.82) is 0 Å². The zero-order valence-corrected chi connectivity index (χ0v) is 23.4. The van der Waals surface area contributed by atoms with Gasteiger partial charge in [0.25, 0.3) is 15.9 Å². The number of carbonyl (C=O) groups excluding carboxylic acids is 2. The molecular weight excluding hydrogens is 611 g/mol. The Morgan fingerprint density at radius 1 is 1.00 bits per heavy atom. The standard InChI is InChI=1S/C30H21F5N2O6S/c1-42-19-8-11-21(12-9-19)44(40,41)36-29(39)28-27(22-4-2-3-5-26(22)38)23-15-20(43-30(33,34)35)10-13-25(23)37(28)16-17-6-7-18(31)14-24(17)32/h2-4,6-15H,5,16H2,1H3,(H,36,39). The lowest BCUT2D eigenvalue weighted by atomic mass is 9.93. The van der Waals surface area contributed by atoms with Gasteiger partial charge in [-0.1, -0.05) is 24.3 Å². The third-order valence-corrected chi connectivity index (χ3v) is 8.04. The quantitative estimate of drug-likeness (QED) is 0.243. The maximum atomic E-state index is 14.8. The summed E-state index contributed by atoms with van der Waals surface area (Å²) >= 11 is 0. The van der Waals surface area contributed by atoms with Gasteiger partial charge in [-0.25, -0.2) is 21.9 Å². The van der Waals surface area contributed by atoms with Gasteiger partial charge in [-0.3, -0.25) is 9.59 Å². The Kier molecular flexibility index (Phi) is 8.04. The molecule has 0 spiro atoms. The van der Waals surface area contributed by atoms with Crippen LogP contribution in [0.25, 0.3) is 16.5 Å². The topological polar surface area (TPSA) is 104 Å². The van der Waals surface area contributed by atoms with Crippen LogP contribution < -0.4 is 14.2 Å². The third kappa shape index (κ3) is 6.20. The Hall–Kier alpha value is -4.98. The van der Waals surface area contributed by atoms with E-state index in [9.17, 15) is 40.0 Å². The van der Waals surface area contributed by atoms with E-state index < -0.39 is 57.7 Å². The van der Waals surface area contributed by atoms with Gasteiger partial charge in [0.05, 0.1) is 18.6 Å². The Bertz CT molecular complexity index is 1960. The molecule has 0 saturated carbocycles. The van der Waals surface area contributed by atoms with Gasteiger partial charge in [-0.05, 0) is 48.5 Å². The predicted molar refractivity (Wildman–Crippen MR) is 148 cm³/mol. The number of sulfonamides is 1. The number of aromatic nitrogens is 1. The van der Waals surface area contributed by atoms with Crippen molar-refractivity contribution in [1.82, 2.24) is 9.29 Å². The monoisotopic (exact) mass is 632 g/mol. The summed E-state index contributed by atoms with van der Waals surface area (Å²) in [4.78, 5) is 26.6. The smallest absolute Gasteiger partial charge is 0.497 e. The number of ether oxygens (including phenoxy) is 2. The van der Waals surface area contributed by atoms with Gasteiger partial charge in [-0.2, -0.15) is 0 Å². The molecule has 3 aromatic carbocycles. The summed E-state index contributed by atoms with van der Waals surface area (Å²) in [6.07, 6.45) is -0.857. The van der Waals surface area contributed by atoms with E-state index in [0.29, 0.717) is 11.8 Å². The summed E-state index contributed by atoms with van der Waals surface area (Å²) in [5.41, 5.74) is -0.881. The molecule has 0 fully saturated rings. The number of Topliss-reactive ketones (excluding diaryl/α,β-unsaturated/α-hetero) is 1. The number of fused-ring (bicyclic) bond motifs is 1. The highest BCUT2D eigenvalue weighted by molar-refractivity contribution is 7.90. The Labute approximate surface area is 247 Å². The largest absolute Gasteiger partial charge is 0.573 e. The predicted octanol–water partition coefficient (Wildman–Crippen LogP) is 5.91. The van der Waals surface area contributed by atoms with E-state index in [1.165, 1.54) is 49.6 Å². The number of allylic oxidation sites excluding steroid dienone is 4.